The molecule has 0 saturated carbocycles. The van der Waals surface area contributed by atoms with Crippen molar-refractivity contribution in [3.63, 3.8) is 0 Å². The SMILES string of the molecule is N#Cc1ccc(-c2cccc3c(-c4ccc5c6c(ccc(-c7ccc(-c8nc(-c9ccccc9)nc(-c9ccccc9)n8)cc7)c46)-c4ccccc4-5)c4ccccc4cc23)cc1. The summed E-state index contributed by atoms with van der Waals surface area (Å²) in [5.74, 6) is 1.90. The molecule has 0 N–H and O–H groups in total. The summed E-state index contributed by atoms with van der Waals surface area (Å²) in [5.41, 5.74) is 15.4. The van der Waals surface area contributed by atoms with Crippen LogP contribution in [0.5, 0.6) is 0 Å². The predicted octanol–water partition coefficient (Wildman–Crippen LogP) is 14.9. The normalized spacial score (nSPS) is 11.5. The molecule has 4 heteroatoms. The maximum atomic E-state index is 9.55. The van der Waals surface area contributed by atoms with E-state index in [1.807, 2.05) is 72.8 Å². The van der Waals surface area contributed by atoms with Crippen molar-refractivity contribution >= 4 is 32.3 Å². The second kappa shape index (κ2) is 14.3. The van der Waals surface area contributed by atoms with Crippen LogP contribution in [0, 0.1) is 11.3 Å². The average molecular weight is 787 g/mol. The fourth-order valence-corrected chi connectivity index (χ4v) is 9.44. The maximum Gasteiger partial charge on any atom is 0.164 e. The molecule has 1 aromatic heterocycles. The Hall–Kier alpha value is -8.52. The molecular formula is C58H34N4. The minimum absolute atomic E-state index is 0.626. The van der Waals surface area contributed by atoms with Crippen LogP contribution in [0.4, 0.5) is 0 Å². The standard InChI is InChI=1S/C58H34N4/c59-35-36-22-24-37(25-23-36)43-20-11-21-48-52(43)34-42-16-7-8-17-44(42)53(48)51-33-32-50-47-19-10-9-18-46(47)49-31-30-45(54(51)55(49)50)38-26-28-41(29-27-38)58-61-56(39-12-3-1-4-13-39)60-57(62-58)40-14-5-2-6-15-40/h1-34H. The molecule has 12 rings (SSSR count). The van der Waals surface area contributed by atoms with Gasteiger partial charge in [-0.05, 0) is 106 Å². The van der Waals surface area contributed by atoms with Gasteiger partial charge in [-0.1, -0.05) is 188 Å². The molecule has 0 fully saturated rings. The van der Waals surface area contributed by atoms with Crippen molar-refractivity contribution < 1.29 is 0 Å². The lowest BCUT2D eigenvalue weighted by molar-refractivity contribution is 1.07. The van der Waals surface area contributed by atoms with Crippen molar-refractivity contribution in [3.05, 3.63) is 212 Å². The number of nitriles is 1. The van der Waals surface area contributed by atoms with Crippen LogP contribution in [-0.2, 0) is 0 Å². The van der Waals surface area contributed by atoms with E-state index in [4.69, 9.17) is 15.0 Å². The van der Waals surface area contributed by atoms with Gasteiger partial charge in [0.05, 0.1) is 11.6 Å². The molecule has 1 aliphatic rings. The molecule has 62 heavy (non-hydrogen) atoms. The highest BCUT2D eigenvalue weighted by Crippen LogP contribution is 2.53. The van der Waals surface area contributed by atoms with Crippen LogP contribution in [-0.4, -0.2) is 15.0 Å². The zero-order chi connectivity index (χ0) is 41.1. The van der Waals surface area contributed by atoms with Crippen LogP contribution < -0.4 is 0 Å². The van der Waals surface area contributed by atoms with E-state index >= 15 is 0 Å². The number of fused-ring (bicyclic) bond motifs is 5. The van der Waals surface area contributed by atoms with Crippen molar-refractivity contribution in [2.24, 2.45) is 0 Å². The number of nitrogens with zero attached hydrogens (tertiary/aromatic N) is 4. The Balaban J connectivity index is 1.09. The second-order valence-corrected chi connectivity index (χ2v) is 15.8. The lowest BCUT2D eigenvalue weighted by Gasteiger charge is -2.19. The second-order valence-electron chi connectivity index (χ2n) is 15.8. The Morgan fingerprint density at radius 3 is 1.39 bits per heavy atom. The van der Waals surface area contributed by atoms with Gasteiger partial charge in [-0.2, -0.15) is 5.26 Å². The summed E-state index contributed by atoms with van der Waals surface area (Å²) in [6.07, 6.45) is 0. The van der Waals surface area contributed by atoms with Gasteiger partial charge in [0.25, 0.3) is 0 Å². The smallest absolute Gasteiger partial charge is 0.164 e. The van der Waals surface area contributed by atoms with Gasteiger partial charge in [0, 0.05) is 16.7 Å². The fraction of sp³-hybridized carbons (Fsp3) is 0. The van der Waals surface area contributed by atoms with E-state index in [-0.39, 0.29) is 0 Å². The molecule has 0 bridgehead atoms. The van der Waals surface area contributed by atoms with Gasteiger partial charge in [-0.25, -0.2) is 15.0 Å². The van der Waals surface area contributed by atoms with Crippen LogP contribution in [0.1, 0.15) is 5.56 Å². The van der Waals surface area contributed by atoms with E-state index in [2.05, 4.69) is 140 Å². The molecular weight excluding hydrogens is 753 g/mol. The molecule has 4 nitrogen and oxygen atoms in total. The predicted molar refractivity (Wildman–Crippen MR) is 254 cm³/mol. The molecule has 286 valence electrons. The molecule has 0 radical (unpaired) electrons. The first-order valence-electron chi connectivity index (χ1n) is 20.8. The van der Waals surface area contributed by atoms with Gasteiger partial charge in [-0.15, -0.1) is 0 Å². The number of benzene rings is 10. The number of hydrogen-bond donors (Lipinski definition) is 0. The van der Waals surface area contributed by atoms with Crippen molar-refractivity contribution in [1.82, 2.24) is 15.0 Å². The highest BCUT2D eigenvalue weighted by Gasteiger charge is 2.26. The third kappa shape index (κ3) is 5.72. The molecule has 0 unspecified atom stereocenters. The van der Waals surface area contributed by atoms with Gasteiger partial charge in [-0.3, -0.25) is 0 Å². The van der Waals surface area contributed by atoms with Gasteiger partial charge in [0.2, 0.25) is 0 Å². The van der Waals surface area contributed by atoms with Crippen molar-refractivity contribution in [2.75, 3.05) is 0 Å². The van der Waals surface area contributed by atoms with E-state index in [1.165, 1.54) is 65.7 Å². The third-order valence-corrected chi connectivity index (χ3v) is 12.3. The summed E-state index contributed by atoms with van der Waals surface area (Å²) in [4.78, 5) is 15.0. The average Bonchev–Trinajstić information content (AvgIpc) is 3.68. The van der Waals surface area contributed by atoms with Crippen molar-refractivity contribution in [3.8, 4) is 95.9 Å². The molecule has 1 aliphatic carbocycles. The van der Waals surface area contributed by atoms with E-state index in [0.717, 1.165) is 38.9 Å². The van der Waals surface area contributed by atoms with E-state index in [0.29, 0.717) is 23.0 Å². The topological polar surface area (TPSA) is 62.5 Å². The molecule has 0 aliphatic heterocycles. The lowest BCUT2D eigenvalue weighted by atomic mass is 9.84. The van der Waals surface area contributed by atoms with Crippen LogP contribution in [0.2, 0.25) is 0 Å². The number of aromatic nitrogens is 3. The van der Waals surface area contributed by atoms with E-state index < -0.39 is 0 Å². The molecule has 1 heterocycles. The molecule has 0 atom stereocenters. The summed E-state index contributed by atoms with van der Waals surface area (Å²) in [6, 6.07) is 74.8. The fourth-order valence-electron chi connectivity index (χ4n) is 9.44. The zero-order valence-electron chi connectivity index (χ0n) is 33.4. The Morgan fingerprint density at radius 2 is 0.758 bits per heavy atom. The minimum atomic E-state index is 0.626. The maximum absolute atomic E-state index is 9.55. The zero-order valence-corrected chi connectivity index (χ0v) is 33.4. The van der Waals surface area contributed by atoms with E-state index in [1.54, 1.807) is 0 Å². The first-order chi connectivity index (χ1) is 30.7. The molecule has 0 saturated heterocycles. The van der Waals surface area contributed by atoms with Gasteiger partial charge < -0.3 is 0 Å². The third-order valence-electron chi connectivity index (χ3n) is 12.3. The Morgan fingerprint density at radius 1 is 0.306 bits per heavy atom. The van der Waals surface area contributed by atoms with Gasteiger partial charge in [0.15, 0.2) is 17.5 Å². The van der Waals surface area contributed by atoms with E-state index in [9.17, 15) is 5.26 Å². The quantitative estimate of drug-likeness (QED) is 0.158. The summed E-state index contributed by atoms with van der Waals surface area (Å²) in [5, 5.41) is 16.8. The monoisotopic (exact) mass is 786 g/mol. The largest absolute Gasteiger partial charge is 0.208 e. The van der Waals surface area contributed by atoms with Crippen molar-refractivity contribution in [2.45, 2.75) is 0 Å². The molecule has 10 aromatic carbocycles. The van der Waals surface area contributed by atoms with Crippen molar-refractivity contribution in [1.29, 1.82) is 5.26 Å². The number of rotatable bonds is 6. The first-order valence-corrected chi connectivity index (χ1v) is 20.8. The van der Waals surface area contributed by atoms with Crippen LogP contribution in [0.25, 0.3) is 122 Å². The summed E-state index contributed by atoms with van der Waals surface area (Å²) < 4.78 is 0. The highest BCUT2D eigenvalue weighted by atomic mass is 15.0. The summed E-state index contributed by atoms with van der Waals surface area (Å²) in [6.45, 7) is 0. The summed E-state index contributed by atoms with van der Waals surface area (Å²) in [7, 11) is 0. The Labute approximate surface area is 358 Å². The molecule has 0 spiro atoms. The number of hydrogen-bond acceptors (Lipinski definition) is 4. The lowest BCUT2D eigenvalue weighted by Crippen LogP contribution is -2.00. The Kier molecular flexibility index (Phi) is 8.19. The van der Waals surface area contributed by atoms with Gasteiger partial charge >= 0.3 is 0 Å². The highest BCUT2D eigenvalue weighted by molar-refractivity contribution is 6.27. The van der Waals surface area contributed by atoms with Gasteiger partial charge in [0.1, 0.15) is 0 Å². The van der Waals surface area contributed by atoms with Crippen LogP contribution in [0.15, 0.2) is 206 Å². The molecule has 0 amide bonds. The van der Waals surface area contributed by atoms with Crippen LogP contribution in [0.3, 0.4) is 0 Å². The minimum Gasteiger partial charge on any atom is -0.208 e. The van der Waals surface area contributed by atoms with Crippen LogP contribution >= 0.6 is 0 Å². The Bertz CT molecular complexity index is 3520. The molecule has 11 aromatic rings. The first kappa shape index (κ1) is 35.4. The summed E-state index contributed by atoms with van der Waals surface area (Å²) >= 11 is 0.